The molecule has 3 fully saturated rings. The van der Waals surface area contributed by atoms with Crippen molar-refractivity contribution in [1.29, 1.82) is 0 Å². The maximum atomic E-state index is 12.3. The average Bonchev–Trinajstić information content (AvgIpc) is 3.15. The molecule has 9 atom stereocenters. The van der Waals surface area contributed by atoms with Crippen LogP contribution in [0.4, 0.5) is 4.79 Å². The molecule has 34 heavy (non-hydrogen) atoms. The van der Waals surface area contributed by atoms with E-state index in [0.717, 1.165) is 0 Å². The van der Waals surface area contributed by atoms with Crippen molar-refractivity contribution in [1.82, 2.24) is 10.2 Å². The van der Waals surface area contributed by atoms with Crippen molar-refractivity contribution < 1.29 is 28.8 Å². The SMILES string of the molecule is CO[C@H]1C[C@H](N=[N+]=[N-])[C@@H](O[C@H]2O[C@H](CN[C@H](C)c3ccccc3)CC[C@@H]2O)[C@@H]2OC(=O)N(C)[C@@H]21. The highest BCUT2D eigenvalue weighted by atomic mass is 16.7. The molecule has 2 heterocycles. The zero-order valence-corrected chi connectivity index (χ0v) is 19.7. The molecule has 0 bridgehead atoms. The van der Waals surface area contributed by atoms with Crippen LogP contribution in [-0.4, -0.2) is 85.7 Å². The number of rotatable bonds is 8. The number of likely N-dealkylation sites (N-methyl/N-ethyl adjacent to an activating group) is 1. The third-order valence-corrected chi connectivity index (χ3v) is 7.04. The van der Waals surface area contributed by atoms with Gasteiger partial charge in [0.25, 0.3) is 0 Å². The first-order valence-corrected chi connectivity index (χ1v) is 11.7. The Morgan fingerprint density at radius 1 is 1.35 bits per heavy atom. The van der Waals surface area contributed by atoms with E-state index in [1.54, 1.807) is 14.2 Å². The summed E-state index contributed by atoms with van der Waals surface area (Å²) in [7, 11) is 3.19. The fraction of sp³-hybridized carbons (Fsp3) is 0.696. The number of hydrogen-bond donors (Lipinski definition) is 2. The van der Waals surface area contributed by atoms with Gasteiger partial charge in [0, 0.05) is 31.7 Å². The van der Waals surface area contributed by atoms with Gasteiger partial charge in [0.2, 0.25) is 0 Å². The molecule has 0 radical (unpaired) electrons. The number of nitrogens with one attached hydrogen (secondary N) is 1. The van der Waals surface area contributed by atoms with E-state index in [1.807, 2.05) is 18.2 Å². The van der Waals surface area contributed by atoms with E-state index in [-0.39, 0.29) is 18.2 Å². The normalized spacial score (nSPS) is 36.4. The van der Waals surface area contributed by atoms with Crippen LogP contribution in [0.3, 0.4) is 0 Å². The maximum Gasteiger partial charge on any atom is 0.410 e. The molecule has 1 aromatic carbocycles. The summed E-state index contributed by atoms with van der Waals surface area (Å²) in [6.07, 6.45) is -2.75. The number of fused-ring (bicyclic) bond motifs is 1. The van der Waals surface area contributed by atoms with Gasteiger partial charge >= 0.3 is 6.09 Å². The number of aliphatic hydroxyl groups excluding tert-OH is 1. The average molecular weight is 476 g/mol. The largest absolute Gasteiger partial charge is 0.441 e. The summed E-state index contributed by atoms with van der Waals surface area (Å²) in [5, 5.41) is 18.0. The highest BCUT2D eigenvalue weighted by molar-refractivity contribution is 5.70. The summed E-state index contributed by atoms with van der Waals surface area (Å²) < 4.78 is 23.5. The molecule has 4 rings (SSSR count). The molecule has 0 aromatic heterocycles. The Labute approximate surface area is 198 Å². The number of benzene rings is 1. The molecule has 1 amide bonds. The summed E-state index contributed by atoms with van der Waals surface area (Å²) in [5.74, 6) is 0. The zero-order chi connectivity index (χ0) is 24.2. The lowest BCUT2D eigenvalue weighted by Crippen LogP contribution is -2.60. The summed E-state index contributed by atoms with van der Waals surface area (Å²) in [4.78, 5) is 16.7. The van der Waals surface area contributed by atoms with Gasteiger partial charge in [-0.25, -0.2) is 4.79 Å². The van der Waals surface area contributed by atoms with Gasteiger partial charge in [0.05, 0.1) is 18.2 Å². The molecule has 186 valence electrons. The quantitative estimate of drug-likeness (QED) is 0.335. The monoisotopic (exact) mass is 475 g/mol. The number of nitrogens with zero attached hydrogens (tertiary/aromatic N) is 4. The van der Waals surface area contributed by atoms with Crippen molar-refractivity contribution in [3.8, 4) is 0 Å². The van der Waals surface area contributed by atoms with E-state index in [0.29, 0.717) is 25.8 Å². The van der Waals surface area contributed by atoms with Crippen LogP contribution in [0.15, 0.2) is 35.4 Å². The third-order valence-electron chi connectivity index (χ3n) is 7.04. The van der Waals surface area contributed by atoms with Gasteiger partial charge in [-0.3, -0.25) is 0 Å². The third kappa shape index (κ3) is 5.14. The van der Waals surface area contributed by atoms with Crippen LogP contribution in [0.1, 0.15) is 37.8 Å². The minimum absolute atomic E-state index is 0.142. The van der Waals surface area contributed by atoms with Crippen LogP contribution in [-0.2, 0) is 18.9 Å². The van der Waals surface area contributed by atoms with Crippen molar-refractivity contribution >= 4 is 6.09 Å². The van der Waals surface area contributed by atoms with Gasteiger partial charge in [0.15, 0.2) is 12.4 Å². The van der Waals surface area contributed by atoms with Gasteiger partial charge in [-0.15, -0.1) is 0 Å². The second-order valence-corrected chi connectivity index (χ2v) is 9.14. The standard InChI is InChI=1S/C23H33N5O6/c1-13(14-7-5-4-6-8-14)25-12-15-9-10-17(29)22(32-15)33-20-16(26-27-24)11-18(31-3)19-21(20)34-23(30)28(19)2/h4-8,13,15-22,25,29H,9-12H2,1-3H3/t13-,15+,16+,17+,18+,19-,20-,21-,22-/m1/s1. The van der Waals surface area contributed by atoms with Gasteiger partial charge in [-0.2, -0.15) is 0 Å². The van der Waals surface area contributed by atoms with Crippen LogP contribution in [0.2, 0.25) is 0 Å². The molecule has 11 nitrogen and oxygen atoms in total. The second-order valence-electron chi connectivity index (χ2n) is 9.14. The van der Waals surface area contributed by atoms with Crippen LogP contribution < -0.4 is 5.32 Å². The molecule has 0 spiro atoms. The Hall–Kier alpha value is -2.40. The van der Waals surface area contributed by atoms with E-state index in [2.05, 4.69) is 34.4 Å². The fourth-order valence-corrected chi connectivity index (χ4v) is 5.08. The predicted molar refractivity (Wildman–Crippen MR) is 122 cm³/mol. The summed E-state index contributed by atoms with van der Waals surface area (Å²) in [6, 6.07) is 9.24. The number of aliphatic hydroxyl groups is 1. The highest BCUT2D eigenvalue weighted by Crippen LogP contribution is 2.37. The molecule has 3 aliphatic rings. The van der Waals surface area contributed by atoms with Crippen molar-refractivity contribution in [2.75, 3.05) is 20.7 Å². The van der Waals surface area contributed by atoms with Gasteiger partial charge in [0.1, 0.15) is 18.2 Å². The number of carbonyl (C=O) groups is 1. The minimum atomic E-state index is -0.932. The van der Waals surface area contributed by atoms with Crippen molar-refractivity contribution in [3.63, 3.8) is 0 Å². The van der Waals surface area contributed by atoms with Gasteiger partial charge in [-0.05, 0) is 37.3 Å². The Morgan fingerprint density at radius 3 is 2.82 bits per heavy atom. The first kappa shape index (κ1) is 24.7. The molecule has 1 aromatic rings. The van der Waals surface area contributed by atoms with Crippen LogP contribution in [0.25, 0.3) is 10.4 Å². The number of hydrogen-bond acceptors (Lipinski definition) is 8. The Kier molecular flexibility index (Phi) is 7.92. The van der Waals surface area contributed by atoms with Crippen molar-refractivity contribution in [2.24, 2.45) is 5.11 Å². The molecule has 2 saturated heterocycles. The molecule has 11 heteroatoms. The lowest BCUT2D eigenvalue weighted by Gasteiger charge is -2.44. The van der Waals surface area contributed by atoms with Gasteiger partial charge < -0.3 is 34.3 Å². The lowest BCUT2D eigenvalue weighted by molar-refractivity contribution is -0.274. The number of amides is 1. The van der Waals surface area contributed by atoms with E-state index in [9.17, 15) is 9.90 Å². The first-order valence-electron chi connectivity index (χ1n) is 11.7. The van der Waals surface area contributed by atoms with Gasteiger partial charge in [-0.1, -0.05) is 35.4 Å². The number of azide groups is 1. The van der Waals surface area contributed by atoms with Crippen molar-refractivity contribution in [3.05, 3.63) is 46.3 Å². The van der Waals surface area contributed by atoms with E-state index in [4.69, 9.17) is 24.5 Å². The summed E-state index contributed by atoms with van der Waals surface area (Å²) >= 11 is 0. The smallest absolute Gasteiger partial charge is 0.410 e. The molecular weight excluding hydrogens is 442 g/mol. The Bertz CT molecular complexity index is 884. The topological polar surface area (TPSA) is 138 Å². The molecule has 1 saturated carbocycles. The Morgan fingerprint density at radius 2 is 2.12 bits per heavy atom. The summed E-state index contributed by atoms with van der Waals surface area (Å²) in [6.45, 7) is 2.67. The fourth-order valence-electron chi connectivity index (χ4n) is 5.08. The second kappa shape index (κ2) is 10.9. The number of ether oxygens (including phenoxy) is 4. The molecular formula is C23H33N5O6. The molecule has 2 N–H and O–H groups in total. The highest BCUT2D eigenvalue weighted by Gasteiger charge is 2.56. The van der Waals surface area contributed by atoms with E-state index in [1.165, 1.54) is 10.5 Å². The maximum absolute atomic E-state index is 12.3. The predicted octanol–water partition coefficient (Wildman–Crippen LogP) is 2.51. The van der Waals surface area contributed by atoms with Crippen LogP contribution in [0, 0.1) is 0 Å². The molecule has 2 aliphatic heterocycles. The summed E-state index contributed by atoms with van der Waals surface area (Å²) in [5.41, 5.74) is 10.3. The number of carbonyl (C=O) groups excluding carboxylic acids is 1. The van der Waals surface area contributed by atoms with E-state index >= 15 is 0 Å². The van der Waals surface area contributed by atoms with Crippen molar-refractivity contribution in [2.45, 2.75) is 81.1 Å². The number of methoxy groups -OCH3 is 1. The van der Waals surface area contributed by atoms with Crippen LogP contribution >= 0.6 is 0 Å². The van der Waals surface area contributed by atoms with Crippen LogP contribution in [0.5, 0.6) is 0 Å². The minimum Gasteiger partial charge on any atom is -0.441 e. The Balaban J connectivity index is 1.43. The van der Waals surface area contributed by atoms with E-state index < -0.39 is 42.8 Å². The lowest BCUT2D eigenvalue weighted by atomic mass is 9.83. The zero-order valence-electron chi connectivity index (χ0n) is 19.7. The first-order chi connectivity index (χ1) is 16.4. The molecule has 0 unspecified atom stereocenters. The molecule has 1 aliphatic carbocycles.